The van der Waals surface area contributed by atoms with Gasteiger partial charge in [0, 0.05) is 19.3 Å². The van der Waals surface area contributed by atoms with Crippen molar-refractivity contribution in [2.24, 2.45) is 0 Å². The van der Waals surface area contributed by atoms with Crippen molar-refractivity contribution in [2.45, 2.75) is 26.8 Å². The molecule has 134 valence electrons. The lowest BCUT2D eigenvalue weighted by Crippen LogP contribution is -2.35. The van der Waals surface area contributed by atoms with Gasteiger partial charge in [0.1, 0.15) is 16.8 Å². The SMILES string of the molecule is C=CCNC(=O)c1cc2c(=O)n3cccc(C)c3nc2n(CCC)c1=N. The van der Waals surface area contributed by atoms with Crippen LogP contribution >= 0.6 is 0 Å². The Morgan fingerprint density at radius 3 is 2.88 bits per heavy atom. The van der Waals surface area contributed by atoms with Gasteiger partial charge in [0.05, 0.1) is 10.9 Å². The third kappa shape index (κ3) is 2.81. The van der Waals surface area contributed by atoms with Crippen LogP contribution in [-0.2, 0) is 6.54 Å². The summed E-state index contributed by atoms with van der Waals surface area (Å²) >= 11 is 0. The van der Waals surface area contributed by atoms with E-state index in [0.717, 1.165) is 12.0 Å². The normalized spacial score (nSPS) is 11.0. The zero-order valence-electron chi connectivity index (χ0n) is 14.9. The average Bonchev–Trinajstić information content (AvgIpc) is 2.63. The topological polar surface area (TPSA) is 92.2 Å². The Kier molecular flexibility index (Phi) is 4.71. The minimum Gasteiger partial charge on any atom is -0.348 e. The van der Waals surface area contributed by atoms with E-state index in [9.17, 15) is 9.59 Å². The second-order valence-corrected chi connectivity index (χ2v) is 6.10. The van der Waals surface area contributed by atoms with E-state index in [1.54, 1.807) is 22.9 Å². The van der Waals surface area contributed by atoms with Crippen molar-refractivity contribution in [3.8, 4) is 0 Å². The van der Waals surface area contributed by atoms with E-state index in [0.29, 0.717) is 23.2 Å². The monoisotopic (exact) mass is 351 g/mol. The number of fused-ring (bicyclic) bond motifs is 2. The van der Waals surface area contributed by atoms with Gasteiger partial charge in [-0.05, 0) is 31.0 Å². The molecule has 3 aromatic rings. The number of rotatable bonds is 5. The molecule has 3 rings (SSSR count). The summed E-state index contributed by atoms with van der Waals surface area (Å²) in [7, 11) is 0. The van der Waals surface area contributed by atoms with Crippen LogP contribution in [0, 0.1) is 12.3 Å². The van der Waals surface area contributed by atoms with Gasteiger partial charge in [0.25, 0.3) is 11.5 Å². The number of carbonyl (C=O) groups is 1. The number of nitrogens with zero attached hydrogens (tertiary/aromatic N) is 3. The van der Waals surface area contributed by atoms with E-state index in [1.807, 2.05) is 19.9 Å². The van der Waals surface area contributed by atoms with Crippen molar-refractivity contribution in [1.29, 1.82) is 5.41 Å². The van der Waals surface area contributed by atoms with Crippen LogP contribution < -0.4 is 16.4 Å². The second-order valence-electron chi connectivity index (χ2n) is 6.10. The molecule has 0 atom stereocenters. The van der Waals surface area contributed by atoms with Gasteiger partial charge in [-0.25, -0.2) is 4.98 Å². The molecule has 26 heavy (non-hydrogen) atoms. The van der Waals surface area contributed by atoms with Crippen molar-refractivity contribution in [3.63, 3.8) is 0 Å². The fraction of sp³-hybridized carbons (Fsp3) is 0.263. The van der Waals surface area contributed by atoms with Crippen molar-refractivity contribution in [3.05, 3.63) is 64.0 Å². The summed E-state index contributed by atoms with van der Waals surface area (Å²) in [5.41, 5.74) is 1.80. The molecule has 7 nitrogen and oxygen atoms in total. The Morgan fingerprint density at radius 1 is 1.42 bits per heavy atom. The van der Waals surface area contributed by atoms with Crippen molar-refractivity contribution < 1.29 is 4.79 Å². The molecule has 0 fully saturated rings. The zero-order valence-corrected chi connectivity index (χ0v) is 14.9. The first kappa shape index (κ1) is 17.6. The third-order valence-electron chi connectivity index (χ3n) is 4.23. The molecule has 0 saturated carbocycles. The highest BCUT2D eigenvalue weighted by atomic mass is 16.1. The molecular formula is C19H21N5O2. The van der Waals surface area contributed by atoms with Gasteiger partial charge < -0.3 is 9.88 Å². The minimum atomic E-state index is -0.407. The number of hydrogen-bond acceptors (Lipinski definition) is 4. The van der Waals surface area contributed by atoms with Gasteiger partial charge in [0.15, 0.2) is 0 Å². The standard InChI is InChI=1S/C19H21N5O2/c1-4-8-21-18(25)13-11-14-17(23(9-5-2)15(13)20)22-16-12(3)7-6-10-24(16)19(14)26/h4,6-7,10-11,20H,1,5,8-9H2,2-3H3,(H,21,25). The highest BCUT2D eigenvalue weighted by Crippen LogP contribution is 2.13. The Bertz CT molecular complexity index is 1140. The molecule has 2 N–H and O–H groups in total. The number of aryl methyl sites for hydroxylation is 2. The van der Waals surface area contributed by atoms with Crippen LogP contribution in [0.3, 0.4) is 0 Å². The van der Waals surface area contributed by atoms with Crippen LogP contribution in [0.15, 0.2) is 41.8 Å². The summed E-state index contributed by atoms with van der Waals surface area (Å²) in [5.74, 6) is -0.407. The Balaban J connectivity index is 2.42. The quantitative estimate of drug-likeness (QED) is 0.542. The van der Waals surface area contributed by atoms with Crippen LogP contribution in [0.5, 0.6) is 0 Å². The zero-order chi connectivity index (χ0) is 18.8. The number of amides is 1. The molecule has 0 radical (unpaired) electrons. The molecule has 3 heterocycles. The van der Waals surface area contributed by atoms with Crippen molar-refractivity contribution >= 4 is 22.6 Å². The molecule has 1 amide bonds. The maximum atomic E-state index is 13.0. The molecule has 0 unspecified atom stereocenters. The highest BCUT2D eigenvalue weighted by molar-refractivity contribution is 5.96. The van der Waals surface area contributed by atoms with Crippen LogP contribution in [-0.4, -0.2) is 26.4 Å². The maximum Gasteiger partial charge on any atom is 0.267 e. The molecule has 7 heteroatoms. The summed E-state index contributed by atoms with van der Waals surface area (Å²) < 4.78 is 3.11. The lowest BCUT2D eigenvalue weighted by molar-refractivity contribution is 0.0955. The summed E-state index contributed by atoms with van der Waals surface area (Å²) in [4.78, 5) is 30.1. The van der Waals surface area contributed by atoms with E-state index in [1.165, 1.54) is 10.5 Å². The first-order valence-corrected chi connectivity index (χ1v) is 8.48. The van der Waals surface area contributed by atoms with Crippen LogP contribution in [0.25, 0.3) is 16.7 Å². The molecule has 0 aliphatic carbocycles. The number of pyridine rings is 2. The van der Waals surface area contributed by atoms with E-state index in [4.69, 9.17) is 5.41 Å². The summed E-state index contributed by atoms with van der Waals surface area (Å²) in [5, 5.41) is 11.4. The molecule has 0 aliphatic rings. The van der Waals surface area contributed by atoms with Gasteiger partial charge in [-0.3, -0.25) is 19.4 Å². The smallest absolute Gasteiger partial charge is 0.267 e. The number of hydrogen-bond donors (Lipinski definition) is 2. The molecule has 0 spiro atoms. The second kappa shape index (κ2) is 6.95. The van der Waals surface area contributed by atoms with Crippen LogP contribution in [0.4, 0.5) is 0 Å². The fourth-order valence-corrected chi connectivity index (χ4v) is 2.97. The van der Waals surface area contributed by atoms with Gasteiger partial charge in [-0.1, -0.05) is 19.1 Å². The fourth-order valence-electron chi connectivity index (χ4n) is 2.97. The number of carbonyl (C=O) groups excluding carboxylic acids is 1. The summed E-state index contributed by atoms with van der Waals surface area (Å²) in [6.07, 6.45) is 3.97. The van der Waals surface area contributed by atoms with E-state index < -0.39 is 5.91 Å². The molecular weight excluding hydrogens is 330 g/mol. The molecule has 0 saturated heterocycles. The molecule has 3 aromatic heterocycles. The van der Waals surface area contributed by atoms with Gasteiger partial charge >= 0.3 is 0 Å². The maximum absolute atomic E-state index is 13.0. The number of aromatic nitrogens is 3. The Morgan fingerprint density at radius 2 is 2.19 bits per heavy atom. The first-order chi connectivity index (χ1) is 12.5. The highest BCUT2D eigenvalue weighted by Gasteiger charge is 2.17. The summed E-state index contributed by atoms with van der Waals surface area (Å²) in [6.45, 7) is 8.21. The van der Waals surface area contributed by atoms with Gasteiger partial charge in [-0.2, -0.15) is 0 Å². The molecule has 0 bridgehead atoms. The van der Waals surface area contributed by atoms with Gasteiger partial charge in [-0.15, -0.1) is 6.58 Å². The minimum absolute atomic E-state index is 0.0470. The predicted molar refractivity (Wildman–Crippen MR) is 100 cm³/mol. The lowest BCUT2D eigenvalue weighted by Gasteiger charge is -2.14. The van der Waals surface area contributed by atoms with E-state index >= 15 is 0 Å². The van der Waals surface area contributed by atoms with Crippen molar-refractivity contribution in [1.82, 2.24) is 19.3 Å². The average molecular weight is 351 g/mol. The van der Waals surface area contributed by atoms with Crippen LogP contribution in [0.2, 0.25) is 0 Å². The largest absolute Gasteiger partial charge is 0.348 e. The third-order valence-corrected chi connectivity index (χ3v) is 4.23. The molecule has 0 aromatic carbocycles. The van der Waals surface area contributed by atoms with Gasteiger partial charge in [0.2, 0.25) is 0 Å². The Hall–Kier alpha value is -3.22. The van der Waals surface area contributed by atoms with Crippen LogP contribution in [0.1, 0.15) is 29.3 Å². The summed E-state index contributed by atoms with van der Waals surface area (Å²) in [6, 6.07) is 5.14. The van der Waals surface area contributed by atoms with E-state index in [2.05, 4.69) is 16.9 Å². The number of nitrogens with one attached hydrogen (secondary N) is 2. The Labute approximate surface area is 150 Å². The predicted octanol–water partition coefficient (Wildman–Crippen LogP) is 1.76. The van der Waals surface area contributed by atoms with Crippen molar-refractivity contribution in [2.75, 3.05) is 6.54 Å². The lowest BCUT2D eigenvalue weighted by atomic mass is 10.2. The first-order valence-electron chi connectivity index (χ1n) is 8.48. The molecule has 0 aliphatic heterocycles. The van der Waals surface area contributed by atoms with E-state index in [-0.39, 0.29) is 23.2 Å².